The third-order valence-electron chi connectivity index (χ3n) is 3.12. The van der Waals surface area contributed by atoms with E-state index in [-0.39, 0.29) is 11.7 Å². The molecule has 2 rings (SSSR count). The first-order valence-electron chi connectivity index (χ1n) is 5.89. The summed E-state index contributed by atoms with van der Waals surface area (Å²) in [5.74, 6) is 0. The Labute approximate surface area is 119 Å². The fourth-order valence-electron chi connectivity index (χ4n) is 2.06. The Bertz CT molecular complexity index is 529. The van der Waals surface area contributed by atoms with Crippen LogP contribution in [0.1, 0.15) is 5.56 Å². The lowest BCUT2D eigenvalue weighted by Crippen LogP contribution is -2.50. The second kappa shape index (κ2) is 6.10. The number of nitriles is 1. The summed E-state index contributed by atoms with van der Waals surface area (Å²) in [6, 6.07) is 6.83. The predicted molar refractivity (Wildman–Crippen MR) is 73.5 cm³/mol. The molecule has 1 saturated heterocycles. The molecule has 6 nitrogen and oxygen atoms in total. The zero-order chi connectivity index (χ0) is 13.8. The normalized spacial score (nSPS) is 19.9. The predicted octanol–water partition coefficient (Wildman–Crippen LogP) is 1.65. The highest BCUT2D eigenvalue weighted by Crippen LogP contribution is 2.24. The summed E-state index contributed by atoms with van der Waals surface area (Å²) in [7, 11) is 0. The molecule has 1 atom stereocenters. The zero-order valence-corrected chi connectivity index (χ0v) is 11.8. The summed E-state index contributed by atoms with van der Waals surface area (Å²) in [6.45, 7) is 2.91. The van der Waals surface area contributed by atoms with Gasteiger partial charge in [-0.2, -0.15) is 5.26 Å². The smallest absolute Gasteiger partial charge is 0.270 e. The fourth-order valence-corrected chi connectivity index (χ4v) is 2.55. The van der Waals surface area contributed by atoms with Crippen molar-refractivity contribution in [2.75, 3.05) is 19.6 Å². The Balaban J connectivity index is 2.14. The summed E-state index contributed by atoms with van der Waals surface area (Å²) in [5, 5.41) is 22.9. The summed E-state index contributed by atoms with van der Waals surface area (Å²) < 4.78 is 0.705. The van der Waals surface area contributed by atoms with Crippen LogP contribution in [0.15, 0.2) is 22.7 Å². The molecule has 0 saturated carbocycles. The van der Waals surface area contributed by atoms with Crippen LogP contribution in [0.4, 0.5) is 5.69 Å². The molecule has 19 heavy (non-hydrogen) atoms. The number of hydrogen-bond acceptors (Lipinski definition) is 5. The van der Waals surface area contributed by atoms with Gasteiger partial charge in [0.15, 0.2) is 0 Å². The molecule has 1 aliphatic heterocycles. The first kappa shape index (κ1) is 13.9. The molecule has 0 aliphatic carbocycles. The van der Waals surface area contributed by atoms with E-state index in [1.54, 1.807) is 6.07 Å². The number of nitro benzene ring substituents is 1. The Kier molecular flexibility index (Phi) is 4.47. The van der Waals surface area contributed by atoms with Gasteiger partial charge in [-0.3, -0.25) is 15.0 Å². The molecule has 0 aromatic heterocycles. The van der Waals surface area contributed by atoms with Crippen LogP contribution < -0.4 is 5.32 Å². The largest absolute Gasteiger partial charge is 0.313 e. The van der Waals surface area contributed by atoms with Gasteiger partial charge in [-0.1, -0.05) is 15.9 Å². The number of benzene rings is 1. The van der Waals surface area contributed by atoms with Crippen molar-refractivity contribution in [2.45, 2.75) is 12.6 Å². The van der Waals surface area contributed by atoms with E-state index in [1.165, 1.54) is 12.1 Å². The fraction of sp³-hybridized carbons (Fsp3) is 0.417. The van der Waals surface area contributed by atoms with Gasteiger partial charge in [0.2, 0.25) is 0 Å². The lowest BCUT2D eigenvalue weighted by molar-refractivity contribution is -0.384. The van der Waals surface area contributed by atoms with Gasteiger partial charge in [-0.05, 0) is 11.6 Å². The van der Waals surface area contributed by atoms with Crippen molar-refractivity contribution in [1.29, 1.82) is 5.26 Å². The van der Waals surface area contributed by atoms with Crippen LogP contribution in [0, 0.1) is 21.4 Å². The average Bonchev–Trinajstić information content (AvgIpc) is 2.41. The molecule has 0 bridgehead atoms. The number of nitrogens with zero attached hydrogens (tertiary/aromatic N) is 3. The molecule has 1 aromatic carbocycles. The van der Waals surface area contributed by atoms with Gasteiger partial charge < -0.3 is 5.32 Å². The Morgan fingerprint density at radius 1 is 1.63 bits per heavy atom. The molecule has 7 heteroatoms. The minimum absolute atomic E-state index is 0.0627. The SMILES string of the molecule is N#CC1CNCCN1Cc1ccc([N+](=O)[O-])cc1Br. The highest BCUT2D eigenvalue weighted by atomic mass is 79.9. The zero-order valence-electron chi connectivity index (χ0n) is 10.2. The van der Waals surface area contributed by atoms with Crippen LogP contribution in [0.25, 0.3) is 0 Å². The molecule has 1 fully saturated rings. The standard InChI is InChI=1S/C12H13BrN4O2/c13-12-5-10(17(18)19)2-1-9(12)8-16-4-3-15-7-11(16)6-14/h1-2,5,11,15H,3-4,7-8H2. The van der Waals surface area contributed by atoms with Crippen LogP contribution in [0.2, 0.25) is 0 Å². The van der Waals surface area contributed by atoms with Crippen molar-refractivity contribution >= 4 is 21.6 Å². The topological polar surface area (TPSA) is 82.2 Å². The van der Waals surface area contributed by atoms with Gasteiger partial charge in [0, 0.05) is 42.8 Å². The van der Waals surface area contributed by atoms with Crippen molar-refractivity contribution in [3.63, 3.8) is 0 Å². The van der Waals surface area contributed by atoms with Gasteiger partial charge in [0.25, 0.3) is 5.69 Å². The summed E-state index contributed by atoms with van der Waals surface area (Å²) in [4.78, 5) is 12.3. The minimum Gasteiger partial charge on any atom is -0.313 e. The number of nitro groups is 1. The van der Waals surface area contributed by atoms with E-state index in [0.29, 0.717) is 17.6 Å². The molecular formula is C12H13BrN4O2. The van der Waals surface area contributed by atoms with Crippen LogP contribution in [-0.2, 0) is 6.54 Å². The first-order valence-corrected chi connectivity index (χ1v) is 6.68. The van der Waals surface area contributed by atoms with E-state index in [1.807, 2.05) is 0 Å². The van der Waals surface area contributed by atoms with E-state index in [9.17, 15) is 10.1 Å². The van der Waals surface area contributed by atoms with Crippen molar-refractivity contribution in [3.05, 3.63) is 38.3 Å². The highest BCUT2D eigenvalue weighted by molar-refractivity contribution is 9.10. The van der Waals surface area contributed by atoms with Gasteiger partial charge in [0.1, 0.15) is 6.04 Å². The molecule has 0 spiro atoms. The maximum absolute atomic E-state index is 10.7. The van der Waals surface area contributed by atoms with Crippen LogP contribution >= 0.6 is 15.9 Å². The Morgan fingerprint density at radius 2 is 2.42 bits per heavy atom. The van der Waals surface area contributed by atoms with Gasteiger partial charge in [-0.15, -0.1) is 0 Å². The van der Waals surface area contributed by atoms with E-state index < -0.39 is 4.92 Å². The van der Waals surface area contributed by atoms with E-state index >= 15 is 0 Å². The van der Waals surface area contributed by atoms with E-state index in [0.717, 1.165) is 18.7 Å². The molecule has 100 valence electrons. The molecule has 1 N–H and O–H groups in total. The Hall–Kier alpha value is -1.49. The molecule has 1 heterocycles. The van der Waals surface area contributed by atoms with Gasteiger partial charge in [-0.25, -0.2) is 0 Å². The maximum Gasteiger partial charge on any atom is 0.270 e. The highest BCUT2D eigenvalue weighted by Gasteiger charge is 2.22. The third kappa shape index (κ3) is 3.29. The lowest BCUT2D eigenvalue weighted by atomic mass is 10.1. The second-order valence-electron chi connectivity index (χ2n) is 4.35. The average molecular weight is 325 g/mol. The van der Waals surface area contributed by atoms with Crippen molar-refractivity contribution in [2.24, 2.45) is 0 Å². The van der Waals surface area contributed by atoms with Crippen LogP contribution in [0.5, 0.6) is 0 Å². The number of non-ortho nitro benzene ring substituents is 1. The van der Waals surface area contributed by atoms with Crippen LogP contribution in [0.3, 0.4) is 0 Å². The minimum atomic E-state index is -0.419. The Morgan fingerprint density at radius 3 is 3.05 bits per heavy atom. The number of halogens is 1. The van der Waals surface area contributed by atoms with Gasteiger partial charge >= 0.3 is 0 Å². The van der Waals surface area contributed by atoms with Crippen molar-refractivity contribution in [3.8, 4) is 6.07 Å². The number of hydrogen-bond donors (Lipinski definition) is 1. The summed E-state index contributed by atoms with van der Waals surface area (Å²) in [6.07, 6.45) is 0. The second-order valence-corrected chi connectivity index (χ2v) is 5.21. The first-order chi connectivity index (χ1) is 9.11. The molecule has 0 amide bonds. The van der Waals surface area contributed by atoms with Gasteiger partial charge in [0.05, 0.1) is 11.0 Å². The monoisotopic (exact) mass is 324 g/mol. The lowest BCUT2D eigenvalue weighted by Gasteiger charge is -2.32. The number of rotatable bonds is 3. The van der Waals surface area contributed by atoms with E-state index in [2.05, 4.69) is 32.2 Å². The molecule has 1 unspecified atom stereocenters. The summed E-state index contributed by atoms with van der Waals surface area (Å²) >= 11 is 3.35. The van der Waals surface area contributed by atoms with E-state index in [4.69, 9.17) is 5.26 Å². The molecular weight excluding hydrogens is 312 g/mol. The third-order valence-corrected chi connectivity index (χ3v) is 3.86. The van der Waals surface area contributed by atoms with Crippen molar-refractivity contribution < 1.29 is 4.92 Å². The number of piperazine rings is 1. The van der Waals surface area contributed by atoms with Crippen LogP contribution in [-0.4, -0.2) is 35.5 Å². The van der Waals surface area contributed by atoms with Crippen molar-refractivity contribution in [1.82, 2.24) is 10.2 Å². The quantitative estimate of drug-likeness (QED) is 0.675. The molecule has 1 aliphatic rings. The molecule has 1 aromatic rings. The maximum atomic E-state index is 10.7. The summed E-state index contributed by atoms with van der Waals surface area (Å²) in [5.41, 5.74) is 1.01. The number of nitrogens with one attached hydrogen (secondary N) is 1. The molecule has 0 radical (unpaired) electrons.